The number of anilines is 1. The van der Waals surface area contributed by atoms with E-state index in [-0.39, 0.29) is 5.54 Å². The van der Waals surface area contributed by atoms with Crippen molar-refractivity contribution in [2.24, 2.45) is 0 Å². The van der Waals surface area contributed by atoms with Crippen molar-refractivity contribution in [3.63, 3.8) is 0 Å². The quantitative estimate of drug-likeness (QED) is 0.741. The van der Waals surface area contributed by atoms with E-state index in [1.54, 1.807) is 0 Å². The third-order valence-corrected chi connectivity index (χ3v) is 5.93. The molecule has 1 aliphatic heterocycles. The summed E-state index contributed by atoms with van der Waals surface area (Å²) in [5.74, 6) is 7.20. The highest BCUT2D eigenvalue weighted by Crippen LogP contribution is 2.36. The molecule has 0 aromatic heterocycles. The van der Waals surface area contributed by atoms with Crippen molar-refractivity contribution in [1.29, 1.82) is 0 Å². The van der Waals surface area contributed by atoms with Crippen molar-refractivity contribution >= 4 is 5.69 Å². The number of hydrogen-bond acceptors (Lipinski definition) is 2. The van der Waals surface area contributed by atoms with Crippen molar-refractivity contribution < 1.29 is 0 Å². The second-order valence-corrected chi connectivity index (χ2v) is 7.66. The van der Waals surface area contributed by atoms with Gasteiger partial charge in [-0.15, -0.1) is 0 Å². The highest BCUT2D eigenvalue weighted by molar-refractivity contribution is 5.46. The van der Waals surface area contributed by atoms with Gasteiger partial charge in [0.1, 0.15) is 0 Å². The minimum atomic E-state index is 0.0909. The van der Waals surface area contributed by atoms with Crippen LogP contribution in [0, 0.1) is 18.8 Å². The summed E-state index contributed by atoms with van der Waals surface area (Å²) in [5.41, 5.74) is 3.87. The van der Waals surface area contributed by atoms with E-state index in [0.29, 0.717) is 0 Å². The molecule has 2 aromatic rings. The van der Waals surface area contributed by atoms with E-state index >= 15 is 0 Å². The van der Waals surface area contributed by atoms with E-state index in [2.05, 4.69) is 83.2 Å². The van der Waals surface area contributed by atoms with Crippen LogP contribution in [0.1, 0.15) is 36.8 Å². The molecule has 26 heavy (non-hydrogen) atoms. The molecule has 1 saturated heterocycles. The Morgan fingerprint density at radius 3 is 2.12 bits per heavy atom. The Morgan fingerprint density at radius 1 is 0.808 bits per heavy atom. The maximum atomic E-state index is 3.71. The highest BCUT2D eigenvalue weighted by atomic mass is 15.3. The van der Waals surface area contributed by atoms with Crippen LogP contribution in [0.2, 0.25) is 0 Å². The van der Waals surface area contributed by atoms with Crippen molar-refractivity contribution in [3.05, 3.63) is 65.7 Å². The van der Waals surface area contributed by atoms with Crippen LogP contribution < -0.4 is 4.90 Å². The molecule has 0 unspecified atom stereocenters. The van der Waals surface area contributed by atoms with E-state index in [9.17, 15) is 0 Å². The van der Waals surface area contributed by atoms with Gasteiger partial charge in [-0.3, -0.25) is 4.90 Å². The van der Waals surface area contributed by atoms with Crippen molar-refractivity contribution in [2.45, 2.75) is 38.1 Å². The maximum absolute atomic E-state index is 3.71. The van der Waals surface area contributed by atoms with E-state index < -0.39 is 0 Å². The number of para-hydroxylation sites is 1. The fourth-order valence-corrected chi connectivity index (χ4v) is 4.34. The lowest BCUT2D eigenvalue weighted by Gasteiger charge is -2.44. The first-order valence-electron chi connectivity index (χ1n) is 9.90. The van der Waals surface area contributed by atoms with Crippen LogP contribution in [0.15, 0.2) is 54.6 Å². The molecular weight excluding hydrogens is 316 g/mol. The second kappa shape index (κ2) is 7.56. The van der Waals surface area contributed by atoms with Gasteiger partial charge in [0.15, 0.2) is 0 Å². The maximum Gasteiger partial charge on any atom is 0.0830 e. The monoisotopic (exact) mass is 344 g/mol. The van der Waals surface area contributed by atoms with Gasteiger partial charge in [-0.25, -0.2) is 0 Å². The molecular formula is C24H28N2. The highest BCUT2D eigenvalue weighted by Gasteiger charge is 2.39. The van der Waals surface area contributed by atoms with E-state index in [0.717, 1.165) is 31.7 Å². The van der Waals surface area contributed by atoms with E-state index in [4.69, 9.17) is 0 Å². The van der Waals surface area contributed by atoms with Crippen molar-refractivity contribution in [3.8, 4) is 11.8 Å². The summed E-state index contributed by atoms with van der Waals surface area (Å²) >= 11 is 0. The Balaban J connectivity index is 1.48. The van der Waals surface area contributed by atoms with Crippen molar-refractivity contribution in [2.75, 3.05) is 31.1 Å². The van der Waals surface area contributed by atoms with E-state index in [1.807, 2.05) is 0 Å². The first-order chi connectivity index (χ1) is 12.8. The number of nitrogens with zero attached hydrogens (tertiary/aromatic N) is 2. The smallest absolute Gasteiger partial charge is 0.0830 e. The molecule has 1 heterocycles. The molecule has 0 radical (unpaired) electrons. The third-order valence-electron chi connectivity index (χ3n) is 5.93. The average Bonchev–Trinajstić information content (AvgIpc) is 3.19. The molecule has 0 N–H and O–H groups in total. The molecule has 2 heteroatoms. The summed E-state index contributed by atoms with van der Waals surface area (Å²) < 4.78 is 0. The molecule has 134 valence electrons. The topological polar surface area (TPSA) is 6.48 Å². The molecule has 0 spiro atoms. The minimum Gasteiger partial charge on any atom is -0.369 e. The zero-order valence-electron chi connectivity index (χ0n) is 15.7. The fraction of sp³-hybridized carbons (Fsp3) is 0.417. The SMILES string of the molecule is Cc1ccc(C#CC2(N3CCN(c4ccccc4)CC3)CCCC2)cc1. The minimum absolute atomic E-state index is 0.0909. The van der Waals surface area contributed by atoms with Gasteiger partial charge in [-0.05, 0) is 44.0 Å². The zero-order valence-corrected chi connectivity index (χ0v) is 15.7. The summed E-state index contributed by atoms with van der Waals surface area (Å²) in [4.78, 5) is 5.17. The Morgan fingerprint density at radius 2 is 1.46 bits per heavy atom. The molecule has 2 aliphatic rings. The molecule has 1 saturated carbocycles. The van der Waals surface area contributed by atoms with Gasteiger partial charge in [0.05, 0.1) is 5.54 Å². The van der Waals surface area contributed by atoms with Crippen LogP contribution in [-0.2, 0) is 0 Å². The van der Waals surface area contributed by atoms with Gasteiger partial charge < -0.3 is 4.90 Å². The predicted octanol–water partition coefficient (Wildman–Crippen LogP) is 4.48. The number of piperazine rings is 1. The lowest BCUT2D eigenvalue weighted by Crippen LogP contribution is -2.55. The Kier molecular flexibility index (Phi) is 5.00. The normalized spacial score (nSPS) is 19.8. The van der Waals surface area contributed by atoms with Crippen LogP contribution in [0.4, 0.5) is 5.69 Å². The Hall–Kier alpha value is -2.24. The fourth-order valence-electron chi connectivity index (χ4n) is 4.34. The van der Waals surface area contributed by atoms with Gasteiger partial charge in [-0.2, -0.15) is 0 Å². The molecule has 0 atom stereocenters. The Bertz CT molecular complexity index is 768. The predicted molar refractivity (Wildman–Crippen MR) is 109 cm³/mol. The number of rotatable bonds is 2. The summed E-state index contributed by atoms with van der Waals surface area (Å²) in [6, 6.07) is 19.4. The third kappa shape index (κ3) is 3.64. The summed E-state index contributed by atoms with van der Waals surface area (Å²) in [7, 11) is 0. The van der Waals surface area contributed by atoms with Gasteiger partial charge in [-0.1, -0.05) is 60.6 Å². The summed E-state index contributed by atoms with van der Waals surface area (Å²) in [5, 5.41) is 0. The van der Waals surface area contributed by atoms with Gasteiger partial charge in [0.25, 0.3) is 0 Å². The first-order valence-corrected chi connectivity index (χ1v) is 9.90. The molecule has 2 fully saturated rings. The lowest BCUT2D eigenvalue weighted by molar-refractivity contribution is 0.134. The zero-order chi connectivity index (χ0) is 17.8. The molecule has 1 aliphatic carbocycles. The Labute approximate surface area is 157 Å². The molecule has 2 nitrogen and oxygen atoms in total. The van der Waals surface area contributed by atoms with Gasteiger partial charge in [0, 0.05) is 37.4 Å². The summed E-state index contributed by atoms with van der Waals surface area (Å²) in [6.07, 6.45) is 5.05. The van der Waals surface area contributed by atoms with Crippen LogP contribution in [0.25, 0.3) is 0 Å². The van der Waals surface area contributed by atoms with E-state index in [1.165, 1.54) is 36.9 Å². The number of aryl methyl sites for hydroxylation is 1. The summed E-state index contributed by atoms with van der Waals surface area (Å²) in [6.45, 7) is 6.53. The standard InChI is InChI=1S/C24H28N2/c1-21-9-11-22(12-10-21)13-16-24(14-5-6-15-24)26-19-17-25(18-20-26)23-7-3-2-4-8-23/h2-4,7-12H,5-6,14-15,17-20H2,1H3. The lowest BCUT2D eigenvalue weighted by atomic mass is 9.94. The van der Waals surface area contributed by atoms with Gasteiger partial charge in [0.2, 0.25) is 0 Å². The molecule has 0 amide bonds. The van der Waals surface area contributed by atoms with Crippen LogP contribution >= 0.6 is 0 Å². The number of hydrogen-bond donors (Lipinski definition) is 0. The second-order valence-electron chi connectivity index (χ2n) is 7.66. The first kappa shape index (κ1) is 17.2. The molecule has 2 aromatic carbocycles. The van der Waals surface area contributed by atoms with Crippen molar-refractivity contribution in [1.82, 2.24) is 4.90 Å². The average molecular weight is 345 g/mol. The number of benzene rings is 2. The van der Waals surface area contributed by atoms with Gasteiger partial charge >= 0.3 is 0 Å². The van der Waals surface area contributed by atoms with Crippen LogP contribution in [0.3, 0.4) is 0 Å². The van der Waals surface area contributed by atoms with Crippen LogP contribution in [0.5, 0.6) is 0 Å². The molecule has 4 rings (SSSR count). The largest absolute Gasteiger partial charge is 0.369 e. The molecule has 0 bridgehead atoms. The van der Waals surface area contributed by atoms with Crippen LogP contribution in [-0.4, -0.2) is 36.6 Å².